The van der Waals surface area contributed by atoms with Crippen molar-refractivity contribution in [3.8, 4) is 0 Å². The Labute approximate surface area is 147 Å². The largest absolute Gasteiger partial charge is 0.347 e. The summed E-state index contributed by atoms with van der Waals surface area (Å²) >= 11 is 1.65. The van der Waals surface area contributed by atoms with E-state index in [1.54, 1.807) is 23.3 Å². The van der Waals surface area contributed by atoms with E-state index in [2.05, 4.69) is 5.32 Å². The number of carbonyl (C=O) groups is 2. The van der Waals surface area contributed by atoms with E-state index in [-0.39, 0.29) is 23.8 Å². The van der Waals surface area contributed by atoms with Crippen LogP contribution in [0.25, 0.3) is 0 Å². The molecule has 4 fully saturated rings. The third-order valence-corrected chi connectivity index (χ3v) is 7.18. The SMILES string of the molecule is CN(Cc1cccs1)C(=O)CNC(=O)C12CC3CC(CC(C3)C1)C2. The molecule has 1 N–H and O–H groups in total. The van der Waals surface area contributed by atoms with Crippen molar-refractivity contribution in [2.24, 2.45) is 23.2 Å². The van der Waals surface area contributed by atoms with Crippen molar-refractivity contribution in [3.63, 3.8) is 0 Å². The highest BCUT2D eigenvalue weighted by atomic mass is 32.1. The summed E-state index contributed by atoms with van der Waals surface area (Å²) in [6.45, 7) is 0.742. The Hall–Kier alpha value is -1.36. The molecule has 0 aromatic carbocycles. The maximum Gasteiger partial charge on any atom is 0.242 e. The molecule has 0 atom stereocenters. The van der Waals surface area contributed by atoms with Gasteiger partial charge in [-0.3, -0.25) is 9.59 Å². The van der Waals surface area contributed by atoms with Gasteiger partial charge in [0.05, 0.1) is 13.1 Å². The lowest BCUT2D eigenvalue weighted by atomic mass is 9.49. The maximum atomic E-state index is 12.9. The van der Waals surface area contributed by atoms with Crippen LogP contribution >= 0.6 is 11.3 Å². The molecule has 2 amide bonds. The molecule has 4 aliphatic carbocycles. The van der Waals surface area contributed by atoms with Crippen LogP contribution in [0.3, 0.4) is 0 Å². The molecule has 0 unspecified atom stereocenters. The predicted molar refractivity (Wildman–Crippen MR) is 94.4 cm³/mol. The minimum atomic E-state index is -0.165. The van der Waals surface area contributed by atoms with E-state index in [4.69, 9.17) is 0 Å². The predicted octanol–water partition coefficient (Wildman–Crippen LogP) is 3.04. The van der Waals surface area contributed by atoms with Crippen molar-refractivity contribution in [2.75, 3.05) is 13.6 Å². The summed E-state index contributed by atoms with van der Waals surface area (Å²) in [5.41, 5.74) is -0.165. The molecule has 1 aromatic heterocycles. The lowest BCUT2D eigenvalue weighted by Crippen LogP contribution is -2.54. The van der Waals surface area contributed by atoms with Gasteiger partial charge in [0.25, 0.3) is 0 Å². The summed E-state index contributed by atoms with van der Waals surface area (Å²) in [7, 11) is 1.80. The van der Waals surface area contributed by atoms with Gasteiger partial charge < -0.3 is 10.2 Å². The van der Waals surface area contributed by atoms with Crippen molar-refractivity contribution in [2.45, 2.75) is 45.1 Å². The first-order valence-corrected chi connectivity index (χ1v) is 9.97. The summed E-state index contributed by atoms with van der Waals surface area (Å²) in [4.78, 5) is 28.0. The van der Waals surface area contributed by atoms with Gasteiger partial charge in [-0.25, -0.2) is 0 Å². The Balaban J connectivity index is 1.32. The smallest absolute Gasteiger partial charge is 0.242 e. The van der Waals surface area contributed by atoms with Crippen LogP contribution in [-0.4, -0.2) is 30.3 Å². The highest BCUT2D eigenvalue weighted by Crippen LogP contribution is 2.60. The van der Waals surface area contributed by atoms with Gasteiger partial charge in [-0.15, -0.1) is 11.3 Å². The average Bonchev–Trinajstić information content (AvgIpc) is 3.03. The molecule has 5 heteroatoms. The van der Waals surface area contributed by atoms with Crippen LogP contribution in [0.1, 0.15) is 43.4 Å². The molecule has 1 heterocycles. The molecule has 4 bridgehead atoms. The van der Waals surface area contributed by atoms with Crippen LogP contribution in [0.15, 0.2) is 17.5 Å². The molecule has 130 valence electrons. The van der Waals surface area contributed by atoms with Crippen LogP contribution < -0.4 is 5.32 Å². The molecule has 0 radical (unpaired) electrons. The fraction of sp³-hybridized carbons (Fsp3) is 0.684. The number of hydrogen-bond donors (Lipinski definition) is 1. The molecule has 0 saturated heterocycles. The van der Waals surface area contributed by atoms with Crippen LogP contribution in [-0.2, 0) is 16.1 Å². The van der Waals surface area contributed by atoms with E-state index in [1.165, 1.54) is 24.1 Å². The Morgan fingerprint density at radius 1 is 1.21 bits per heavy atom. The molecule has 4 nitrogen and oxygen atoms in total. The summed E-state index contributed by atoms with van der Waals surface area (Å²) in [6.07, 6.45) is 7.12. The van der Waals surface area contributed by atoms with Gasteiger partial charge in [0, 0.05) is 17.3 Å². The van der Waals surface area contributed by atoms with Gasteiger partial charge in [0.1, 0.15) is 0 Å². The number of thiophene rings is 1. The molecule has 4 aliphatic rings. The van der Waals surface area contributed by atoms with E-state index in [1.807, 2.05) is 17.5 Å². The molecular formula is C19H26N2O2S. The van der Waals surface area contributed by atoms with Crippen molar-refractivity contribution < 1.29 is 9.59 Å². The van der Waals surface area contributed by atoms with Crippen molar-refractivity contribution >= 4 is 23.2 Å². The number of nitrogens with zero attached hydrogens (tertiary/aromatic N) is 1. The third-order valence-electron chi connectivity index (χ3n) is 6.32. The Morgan fingerprint density at radius 3 is 2.38 bits per heavy atom. The molecule has 24 heavy (non-hydrogen) atoms. The highest BCUT2D eigenvalue weighted by Gasteiger charge is 2.54. The molecule has 4 saturated carbocycles. The third kappa shape index (κ3) is 2.99. The number of likely N-dealkylation sites (N-methyl/N-ethyl adjacent to an activating group) is 1. The fourth-order valence-electron chi connectivity index (χ4n) is 5.59. The first-order chi connectivity index (χ1) is 11.5. The van der Waals surface area contributed by atoms with E-state index < -0.39 is 0 Å². The Kier molecular flexibility index (Phi) is 4.15. The number of carbonyl (C=O) groups excluding carboxylic acids is 2. The van der Waals surface area contributed by atoms with Crippen LogP contribution in [0.4, 0.5) is 0 Å². The van der Waals surface area contributed by atoms with Gasteiger partial charge in [-0.2, -0.15) is 0 Å². The number of hydrogen-bond acceptors (Lipinski definition) is 3. The van der Waals surface area contributed by atoms with E-state index >= 15 is 0 Å². The van der Waals surface area contributed by atoms with Crippen molar-refractivity contribution in [3.05, 3.63) is 22.4 Å². The summed E-state index contributed by atoms with van der Waals surface area (Å²) < 4.78 is 0. The van der Waals surface area contributed by atoms with Crippen molar-refractivity contribution in [1.82, 2.24) is 10.2 Å². The maximum absolute atomic E-state index is 12.9. The zero-order chi connectivity index (χ0) is 16.7. The zero-order valence-electron chi connectivity index (χ0n) is 14.3. The number of nitrogens with one attached hydrogen (secondary N) is 1. The van der Waals surface area contributed by atoms with Gasteiger partial charge in [-0.05, 0) is 67.7 Å². The first kappa shape index (κ1) is 16.1. The molecule has 0 aliphatic heterocycles. The van der Waals surface area contributed by atoms with E-state index in [9.17, 15) is 9.59 Å². The van der Waals surface area contributed by atoms with E-state index in [0.717, 1.165) is 37.0 Å². The second-order valence-electron chi connectivity index (χ2n) is 8.21. The topological polar surface area (TPSA) is 49.4 Å². The summed E-state index contributed by atoms with van der Waals surface area (Å²) in [5, 5.41) is 4.99. The summed E-state index contributed by atoms with van der Waals surface area (Å²) in [6, 6.07) is 4.02. The standard InChI is InChI=1S/C19H26N2O2S/c1-21(12-16-3-2-4-24-16)17(22)11-20-18(23)19-8-13-5-14(9-19)7-15(6-13)10-19/h2-4,13-15H,5-12H2,1H3,(H,20,23). The molecule has 1 aromatic rings. The van der Waals surface area contributed by atoms with Crippen molar-refractivity contribution in [1.29, 1.82) is 0 Å². The average molecular weight is 346 g/mol. The van der Waals surface area contributed by atoms with Gasteiger partial charge >= 0.3 is 0 Å². The highest BCUT2D eigenvalue weighted by molar-refractivity contribution is 7.09. The first-order valence-electron chi connectivity index (χ1n) is 9.09. The van der Waals surface area contributed by atoms with Crippen LogP contribution in [0.5, 0.6) is 0 Å². The normalized spacial score (nSPS) is 33.5. The second kappa shape index (κ2) is 6.17. The van der Waals surface area contributed by atoms with Gasteiger partial charge in [-0.1, -0.05) is 6.07 Å². The zero-order valence-corrected chi connectivity index (χ0v) is 15.1. The minimum Gasteiger partial charge on any atom is -0.347 e. The quantitative estimate of drug-likeness (QED) is 0.891. The lowest BCUT2D eigenvalue weighted by molar-refractivity contribution is -0.147. The van der Waals surface area contributed by atoms with Gasteiger partial charge in [0.15, 0.2) is 0 Å². The number of amides is 2. The monoisotopic (exact) mass is 346 g/mol. The number of rotatable bonds is 5. The fourth-order valence-corrected chi connectivity index (χ4v) is 6.35. The molecular weight excluding hydrogens is 320 g/mol. The van der Waals surface area contributed by atoms with Crippen LogP contribution in [0, 0.1) is 23.2 Å². The minimum absolute atomic E-state index is 0.0125. The summed E-state index contributed by atoms with van der Waals surface area (Å²) in [5.74, 6) is 2.37. The second-order valence-corrected chi connectivity index (χ2v) is 9.24. The van der Waals surface area contributed by atoms with Gasteiger partial charge in [0.2, 0.25) is 11.8 Å². The van der Waals surface area contributed by atoms with E-state index in [0.29, 0.717) is 6.54 Å². The molecule has 0 spiro atoms. The Morgan fingerprint density at radius 2 is 1.83 bits per heavy atom. The molecule has 5 rings (SSSR count). The lowest BCUT2D eigenvalue weighted by Gasteiger charge is -2.55. The van der Waals surface area contributed by atoms with Crippen LogP contribution in [0.2, 0.25) is 0 Å². The Bertz CT molecular complexity index is 590.